The van der Waals surface area contributed by atoms with Crippen LogP contribution in [0.3, 0.4) is 0 Å². The fourth-order valence-electron chi connectivity index (χ4n) is 1.10. The largest absolute Gasteiger partial charge is 0.461 e. The molecule has 6 nitrogen and oxygen atoms in total. The number of nitro benzene ring substituents is 1. The number of rotatable bonds is 3. The molecule has 0 spiro atoms. The van der Waals surface area contributed by atoms with E-state index in [1.54, 1.807) is 6.07 Å². The monoisotopic (exact) mass is 220 g/mol. The summed E-state index contributed by atoms with van der Waals surface area (Å²) in [7, 11) is 0. The molecule has 0 unspecified atom stereocenters. The van der Waals surface area contributed by atoms with Crippen molar-refractivity contribution in [2.24, 2.45) is 0 Å². The number of ether oxygens (including phenoxy) is 1. The van der Waals surface area contributed by atoms with Gasteiger partial charge in [-0.25, -0.2) is 0 Å². The summed E-state index contributed by atoms with van der Waals surface area (Å²) in [4.78, 5) is 20.5. The highest BCUT2D eigenvalue weighted by Gasteiger charge is 2.14. The molecule has 0 saturated heterocycles. The van der Waals surface area contributed by atoms with Crippen LogP contribution in [-0.2, 0) is 16.1 Å². The number of carbonyl (C=O) groups excluding carboxylic acids is 1. The first-order valence-electron chi connectivity index (χ1n) is 4.35. The van der Waals surface area contributed by atoms with Gasteiger partial charge in [0.1, 0.15) is 18.2 Å². The third-order valence-electron chi connectivity index (χ3n) is 1.82. The van der Waals surface area contributed by atoms with Gasteiger partial charge in [-0.1, -0.05) is 6.07 Å². The molecule has 1 rings (SSSR count). The van der Waals surface area contributed by atoms with Crippen LogP contribution in [0.15, 0.2) is 18.2 Å². The fourth-order valence-corrected chi connectivity index (χ4v) is 1.10. The molecule has 0 N–H and O–H groups in total. The molecule has 0 atom stereocenters. The van der Waals surface area contributed by atoms with Gasteiger partial charge in [-0.2, -0.15) is 5.26 Å². The van der Waals surface area contributed by atoms with Gasteiger partial charge in [-0.15, -0.1) is 0 Å². The Morgan fingerprint density at radius 2 is 2.31 bits per heavy atom. The topological polar surface area (TPSA) is 93.2 Å². The Bertz CT molecular complexity index is 476. The Morgan fingerprint density at radius 1 is 1.62 bits per heavy atom. The van der Waals surface area contributed by atoms with Crippen molar-refractivity contribution >= 4 is 11.7 Å². The van der Waals surface area contributed by atoms with Crippen molar-refractivity contribution in [2.45, 2.75) is 13.5 Å². The Kier molecular flexibility index (Phi) is 3.56. The number of hydrogen-bond donors (Lipinski definition) is 0. The quantitative estimate of drug-likeness (QED) is 0.437. The van der Waals surface area contributed by atoms with Crippen LogP contribution in [0.25, 0.3) is 0 Å². The van der Waals surface area contributed by atoms with E-state index >= 15 is 0 Å². The highest BCUT2D eigenvalue weighted by molar-refractivity contribution is 5.66. The summed E-state index contributed by atoms with van der Waals surface area (Å²) in [5, 5.41) is 19.3. The molecule has 0 aliphatic rings. The standard InChI is InChI=1S/C10H8N2O4/c1-7(13)16-6-8-2-3-9(5-11)10(4-8)12(14)15/h2-4H,6H2,1H3. The van der Waals surface area contributed by atoms with Crippen molar-refractivity contribution in [3.05, 3.63) is 39.4 Å². The van der Waals surface area contributed by atoms with Crippen LogP contribution >= 0.6 is 0 Å². The molecule has 0 heterocycles. The number of benzene rings is 1. The van der Waals surface area contributed by atoms with Crippen LogP contribution in [0.2, 0.25) is 0 Å². The molecule has 0 aliphatic heterocycles. The van der Waals surface area contributed by atoms with Crippen LogP contribution in [0.1, 0.15) is 18.1 Å². The second kappa shape index (κ2) is 4.89. The van der Waals surface area contributed by atoms with Gasteiger partial charge >= 0.3 is 5.97 Å². The summed E-state index contributed by atoms with van der Waals surface area (Å²) in [5.74, 6) is -0.466. The molecule has 0 bridgehead atoms. The van der Waals surface area contributed by atoms with Gasteiger partial charge in [0, 0.05) is 13.0 Å². The summed E-state index contributed by atoms with van der Waals surface area (Å²) in [6.07, 6.45) is 0. The van der Waals surface area contributed by atoms with Crippen LogP contribution in [0.4, 0.5) is 5.69 Å². The summed E-state index contributed by atoms with van der Waals surface area (Å²) < 4.78 is 4.69. The van der Waals surface area contributed by atoms with E-state index in [1.165, 1.54) is 25.1 Å². The molecular weight excluding hydrogens is 212 g/mol. The number of nitriles is 1. The summed E-state index contributed by atoms with van der Waals surface area (Å²) >= 11 is 0. The third kappa shape index (κ3) is 2.78. The summed E-state index contributed by atoms with van der Waals surface area (Å²) in [5.41, 5.74) is 0.171. The van der Waals surface area contributed by atoms with E-state index in [0.717, 1.165) is 0 Å². The normalized spacial score (nSPS) is 9.25. The van der Waals surface area contributed by atoms with Gasteiger partial charge in [0.25, 0.3) is 5.69 Å². The Labute approximate surface area is 91.2 Å². The lowest BCUT2D eigenvalue weighted by Gasteiger charge is -2.02. The van der Waals surface area contributed by atoms with Gasteiger partial charge in [0.2, 0.25) is 0 Å². The van der Waals surface area contributed by atoms with Crippen molar-refractivity contribution in [1.29, 1.82) is 5.26 Å². The van der Waals surface area contributed by atoms with Crippen molar-refractivity contribution in [3.8, 4) is 6.07 Å². The van der Waals surface area contributed by atoms with Gasteiger partial charge in [0.15, 0.2) is 0 Å². The van der Waals surface area contributed by atoms with Crippen LogP contribution in [0.5, 0.6) is 0 Å². The molecule has 0 amide bonds. The van der Waals surface area contributed by atoms with E-state index < -0.39 is 10.9 Å². The zero-order valence-electron chi connectivity index (χ0n) is 8.47. The number of hydrogen-bond acceptors (Lipinski definition) is 5. The van der Waals surface area contributed by atoms with Gasteiger partial charge < -0.3 is 4.74 Å². The summed E-state index contributed by atoms with van der Waals surface area (Å²) in [6, 6.07) is 5.78. The van der Waals surface area contributed by atoms with E-state index in [0.29, 0.717) is 5.56 Å². The molecule has 0 aromatic heterocycles. The molecule has 16 heavy (non-hydrogen) atoms. The van der Waals surface area contributed by atoms with Gasteiger partial charge in [0.05, 0.1) is 4.92 Å². The van der Waals surface area contributed by atoms with E-state index in [-0.39, 0.29) is 17.9 Å². The maximum atomic E-state index is 10.6. The lowest BCUT2D eigenvalue weighted by Crippen LogP contribution is -2.00. The fraction of sp³-hybridized carbons (Fsp3) is 0.200. The SMILES string of the molecule is CC(=O)OCc1ccc(C#N)c([N+](=O)[O-])c1. The lowest BCUT2D eigenvalue weighted by atomic mass is 10.1. The minimum absolute atomic E-state index is 0.0171. The molecular formula is C10H8N2O4. The third-order valence-corrected chi connectivity index (χ3v) is 1.82. The minimum atomic E-state index is -0.643. The predicted molar refractivity (Wildman–Crippen MR) is 53.3 cm³/mol. The second-order valence-corrected chi connectivity index (χ2v) is 3.00. The van der Waals surface area contributed by atoms with E-state index in [9.17, 15) is 14.9 Å². The van der Waals surface area contributed by atoms with Crippen molar-refractivity contribution < 1.29 is 14.5 Å². The van der Waals surface area contributed by atoms with E-state index in [1.807, 2.05) is 0 Å². The maximum absolute atomic E-state index is 10.6. The zero-order chi connectivity index (χ0) is 12.1. The molecule has 6 heteroatoms. The summed E-state index contributed by atoms with van der Waals surface area (Å²) in [6.45, 7) is 1.21. The Balaban J connectivity index is 2.99. The molecule has 0 fully saturated rings. The first-order chi connectivity index (χ1) is 7.54. The first kappa shape index (κ1) is 11.7. The maximum Gasteiger partial charge on any atom is 0.302 e. The lowest BCUT2D eigenvalue weighted by molar-refractivity contribution is -0.385. The number of nitrogens with zero attached hydrogens (tertiary/aromatic N) is 2. The average molecular weight is 220 g/mol. The average Bonchev–Trinajstić information content (AvgIpc) is 2.25. The number of nitro groups is 1. The van der Waals surface area contributed by atoms with Crippen LogP contribution in [0, 0.1) is 21.4 Å². The van der Waals surface area contributed by atoms with Crippen molar-refractivity contribution in [3.63, 3.8) is 0 Å². The zero-order valence-corrected chi connectivity index (χ0v) is 8.47. The predicted octanol–water partition coefficient (Wildman–Crippen LogP) is 1.53. The number of carbonyl (C=O) groups is 1. The number of esters is 1. The second-order valence-electron chi connectivity index (χ2n) is 3.00. The smallest absolute Gasteiger partial charge is 0.302 e. The highest BCUT2D eigenvalue weighted by atomic mass is 16.6. The first-order valence-corrected chi connectivity index (χ1v) is 4.35. The van der Waals surface area contributed by atoms with Gasteiger partial charge in [-0.05, 0) is 11.6 Å². The van der Waals surface area contributed by atoms with E-state index in [2.05, 4.69) is 0 Å². The minimum Gasteiger partial charge on any atom is -0.461 e. The molecule has 0 saturated carbocycles. The molecule has 82 valence electrons. The van der Waals surface area contributed by atoms with Gasteiger partial charge in [-0.3, -0.25) is 14.9 Å². The molecule has 1 aromatic carbocycles. The molecule has 0 radical (unpaired) electrons. The highest BCUT2D eigenvalue weighted by Crippen LogP contribution is 2.19. The molecule has 0 aliphatic carbocycles. The van der Waals surface area contributed by atoms with E-state index in [4.69, 9.17) is 10.00 Å². The Hall–Kier alpha value is -2.42. The van der Waals surface area contributed by atoms with Crippen molar-refractivity contribution in [1.82, 2.24) is 0 Å². The van der Waals surface area contributed by atoms with Crippen LogP contribution < -0.4 is 0 Å². The Morgan fingerprint density at radius 3 is 2.81 bits per heavy atom. The van der Waals surface area contributed by atoms with Crippen LogP contribution in [-0.4, -0.2) is 10.9 Å². The molecule has 1 aromatic rings. The van der Waals surface area contributed by atoms with Crippen molar-refractivity contribution in [2.75, 3.05) is 0 Å².